The molecule has 0 atom stereocenters. The van der Waals surface area contributed by atoms with Gasteiger partial charge in [0.1, 0.15) is 18.4 Å². The van der Waals surface area contributed by atoms with E-state index >= 15 is 0 Å². The van der Waals surface area contributed by atoms with Crippen LogP contribution < -0.4 is 4.74 Å². The number of rotatable bonds is 5. The summed E-state index contributed by atoms with van der Waals surface area (Å²) in [5.41, 5.74) is 0.431. The zero-order valence-electron chi connectivity index (χ0n) is 10.7. The van der Waals surface area contributed by atoms with Gasteiger partial charge in [-0.3, -0.25) is 0 Å². The average molecular weight is 279 g/mol. The van der Waals surface area contributed by atoms with E-state index in [0.717, 1.165) is 25.7 Å². The summed E-state index contributed by atoms with van der Waals surface area (Å²) in [6.07, 6.45) is 3.55. The van der Waals surface area contributed by atoms with E-state index in [2.05, 4.69) is 0 Å². The van der Waals surface area contributed by atoms with E-state index in [1.807, 2.05) is 6.07 Å². The SMILES string of the molecule is N#Cc1ccccc1OCCS(=O)(=O)C1CCCC1. The van der Waals surface area contributed by atoms with E-state index in [0.29, 0.717) is 11.3 Å². The Bertz CT molecular complexity index is 569. The molecule has 1 aromatic rings. The summed E-state index contributed by atoms with van der Waals surface area (Å²) >= 11 is 0. The monoisotopic (exact) mass is 279 g/mol. The molecule has 1 aromatic carbocycles. The van der Waals surface area contributed by atoms with Gasteiger partial charge in [0, 0.05) is 0 Å². The number of para-hydroxylation sites is 1. The van der Waals surface area contributed by atoms with Crippen molar-refractivity contribution in [1.29, 1.82) is 5.26 Å². The highest BCUT2D eigenvalue weighted by Crippen LogP contribution is 2.25. The van der Waals surface area contributed by atoms with Gasteiger partial charge in [0.15, 0.2) is 9.84 Å². The summed E-state index contributed by atoms with van der Waals surface area (Å²) in [4.78, 5) is 0. The van der Waals surface area contributed by atoms with E-state index in [1.54, 1.807) is 24.3 Å². The molecule has 2 rings (SSSR count). The number of sulfone groups is 1. The summed E-state index contributed by atoms with van der Waals surface area (Å²) in [6.45, 7) is 0.109. The van der Waals surface area contributed by atoms with Gasteiger partial charge in [-0.15, -0.1) is 0 Å². The van der Waals surface area contributed by atoms with E-state index in [4.69, 9.17) is 10.00 Å². The van der Waals surface area contributed by atoms with Gasteiger partial charge >= 0.3 is 0 Å². The Hall–Kier alpha value is -1.54. The third kappa shape index (κ3) is 3.48. The number of hydrogen-bond donors (Lipinski definition) is 0. The third-order valence-corrected chi connectivity index (χ3v) is 5.67. The first-order valence-electron chi connectivity index (χ1n) is 6.47. The predicted octanol–water partition coefficient (Wildman–Crippen LogP) is 2.29. The molecular weight excluding hydrogens is 262 g/mol. The number of nitriles is 1. The lowest BCUT2D eigenvalue weighted by Gasteiger charge is -2.12. The van der Waals surface area contributed by atoms with E-state index in [9.17, 15) is 8.42 Å². The van der Waals surface area contributed by atoms with Gasteiger partial charge in [-0.25, -0.2) is 8.42 Å². The van der Waals surface area contributed by atoms with Crippen LogP contribution in [0, 0.1) is 11.3 Å². The molecule has 0 aromatic heterocycles. The van der Waals surface area contributed by atoms with Gasteiger partial charge in [-0.1, -0.05) is 25.0 Å². The number of hydrogen-bond acceptors (Lipinski definition) is 4. The summed E-state index contributed by atoms with van der Waals surface area (Å²) in [5, 5.41) is 8.71. The Morgan fingerprint density at radius 2 is 1.95 bits per heavy atom. The molecule has 19 heavy (non-hydrogen) atoms. The van der Waals surface area contributed by atoms with Crippen molar-refractivity contribution in [2.24, 2.45) is 0 Å². The fraction of sp³-hybridized carbons (Fsp3) is 0.500. The number of benzene rings is 1. The van der Waals surface area contributed by atoms with Crippen LogP contribution in [0.4, 0.5) is 0 Å². The molecule has 0 aliphatic heterocycles. The third-order valence-electron chi connectivity index (χ3n) is 3.44. The average Bonchev–Trinajstić information content (AvgIpc) is 2.94. The highest BCUT2D eigenvalue weighted by atomic mass is 32.2. The molecule has 0 bridgehead atoms. The lowest BCUT2D eigenvalue weighted by Crippen LogP contribution is -2.24. The van der Waals surface area contributed by atoms with Gasteiger partial charge in [0.05, 0.1) is 16.6 Å². The smallest absolute Gasteiger partial charge is 0.156 e. The van der Waals surface area contributed by atoms with Crippen molar-refractivity contribution in [3.05, 3.63) is 29.8 Å². The standard InChI is InChI=1S/C14H17NO3S/c15-11-12-5-1-4-8-14(12)18-9-10-19(16,17)13-6-2-3-7-13/h1,4-5,8,13H,2-3,6-7,9-10H2. The predicted molar refractivity (Wildman–Crippen MR) is 72.7 cm³/mol. The van der Waals surface area contributed by atoms with Gasteiger partial charge in [0.2, 0.25) is 0 Å². The Balaban J connectivity index is 1.91. The molecule has 0 unspecified atom stereocenters. The van der Waals surface area contributed by atoms with Gasteiger partial charge < -0.3 is 4.74 Å². The van der Waals surface area contributed by atoms with Crippen molar-refractivity contribution in [2.75, 3.05) is 12.4 Å². The normalized spacial score (nSPS) is 16.2. The lowest BCUT2D eigenvalue weighted by molar-refractivity contribution is 0.339. The maximum atomic E-state index is 12.0. The van der Waals surface area contributed by atoms with Gasteiger partial charge in [0.25, 0.3) is 0 Å². The molecule has 1 aliphatic rings. The summed E-state index contributed by atoms with van der Waals surface area (Å²) in [5.74, 6) is 0.476. The molecule has 0 heterocycles. The summed E-state index contributed by atoms with van der Waals surface area (Å²) in [7, 11) is -3.06. The molecule has 0 amide bonds. The lowest BCUT2D eigenvalue weighted by atomic mass is 10.2. The quantitative estimate of drug-likeness (QED) is 0.829. The molecule has 1 fully saturated rings. The maximum absolute atomic E-state index is 12.0. The van der Waals surface area contributed by atoms with E-state index < -0.39 is 9.84 Å². The fourth-order valence-electron chi connectivity index (χ4n) is 2.37. The van der Waals surface area contributed by atoms with Crippen molar-refractivity contribution in [2.45, 2.75) is 30.9 Å². The van der Waals surface area contributed by atoms with Crippen LogP contribution >= 0.6 is 0 Å². The molecule has 0 spiro atoms. The Morgan fingerprint density at radius 1 is 1.26 bits per heavy atom. The van der Waals surface area contributed by atoms with Crippen LogP contribution in [0.3, 0.4) is 0 Å². The summed E-state index contributed by atoms with van der Waals surface area (Å²) in [6, 6.07) is 8.87. The molecule has 102 valence electrons. The molecule has 4 nitrogen and oxygen atoms in total. The van der Waals surface area contributed by atoms with Crippen LogP contribution in [0.15, 0.2) is 24.3 Å². The second kappa shape index (κ2) is 6.07. The molecular formula is C14H17NO3S. The van der Waals surface area contributed by atoms with Crippen molar-refractivity contribution in [1.82, 2.24) is 0 Å². The molecule has 1 aliphatic carbocycles. The van der Waals surface area contributed by atoms with Crippen LogP contribution in [-0.4, -0.2) is 26.0 Å². The van der Waals surface area contributed by atoms with Crippen molar-refractivity contribution >= 4 is 9.84 Å². The second-order valence-electron chi connectivity index (χ2n) is 4.73. The van der Waals surface area contributed by atoms with Crippen LogP contribution in [0.2, 0.25) is 0 Å². The van der Waals surface area contributed by atoms with Crippen LogP contribution in [-0.2, 0) is 9.84 Å². The first-order valence-corrected chi connectivity index (χ1v) is 8.18. The largest absolute Gasteiger partial charge is 0.491 e. The Labute approximate surface area is 113 Å². The molecule has 0 saturated heterocycles. The van der Waals surface area contributed by atoms with Crippen LogP contribution in [0.1, 0.15) is 31.2 Å². The molecule has 1 saturated carbocycles. The highest BCUT2D eigenvalue weighted by molar-refractivity contribution is 7.92. The minimum atomic E-state index is -3.06. The van der Waals surface area contributed by atoms with E-state index in [-0.39, 0.29) is 17.6 Å². The molecule has 0 N–H and O–H groups in total. The first kappa shape index (κ1) is 13.9. The molecule has 5 heteroatoms. The van der Waals surface area contributed by atoms with Crippen molar-refractivity contribution in [3.63, 3.8) is 0 Å². The zero-order chi connectivity index (χ0) is 13.7. The minimum absolute atomic E-state index is 0.0252. The van der Waals surface area contributed by atoms with Gasteiger partial charge in [-0.05, 0) is 25.0 Å². The summed E-state index contributed by atoms with van der Waals surface area (Å²) < 4.78 is 29.5. The van der Waals surface area contributed by atoms with E-state index in [1.165, 1.54) is 0 Å². The van der Waals surface area contributed by atoms with Crippen molar-refractivity contribution < 1.29 is 13.2 Å². The number of ether oxygens (including phenoxy) is 1. The fourth-order valence-corrected chi connectivity index (χ4v) is 4.07. The van der Waals surface area contributed by atoms with Crippen LogP contribution in [0.25, 0.3) is 0 Å². The highest BCUT2D eigenvalue weighted by Gasteiger charge is 2.28. The first-order chi connectivity index (χ1) is 9.13. The topological polar surface area (TPSA) is 67.2 Å². The second-order valence-corrected chi connectivity index (χ2v) is 7.13. The number of nitrogens with zero attached hydrogens (tertiary/aromatic N) is 1. The minimum Gasteiger partial charge on any atom is -0.491 e. The molecule has 0 radical (unpaired) electrons. The zero-order valence-corrected chi connectivity index (χ0v) is 11.5. The Morgan fingerprint density at radius 3 is 2.63 bits per heavy atom. The van der Waals surface area contributed by atoms with Gasteiger partial charge in [-0.2, -0.15) is 5.26 Å². The van der Waals surface area contributed by atoms with Crippen LogP contribution in [0.5, 0.6) is 5.75 Å². The Kier molecular flexibility index (Phi) is 4.43. The van der Waals surface area contributed by atoms with Crippen molar-refractivity contribution in [3.8, 4) is 11.8 Å². The maximum Gasteiger partial charge on any atom is 0.156 e.